The quantitative estimate of drug-likeness (QED) is 0.878. The van der Waals surface area contributed by atoms with Crippen molar-refractivity contribution in [3.05, 3.63) is 42.0 Å². The molecule has 2 N–H and O–H groups in total. The summed E-state index contributed by atoms with van der Waals surface area (Å²) in [5, 5.41) is 2.90. The van der Waals surface area contributed by atoms with Gasteiger partial charge in [-0.15, -0.1) is 0 Å². The Labute approximate surface area is 141 Å². The standard InChI is InChI=1S/C16H20N4O3S/c1-10(2)11(3)19-16(21)15-13-8-18-24(22,23)14-7-5-4-6-12(14)20(13)9-17-15/h4-7,9-11,18H,8H2,1-3H3,(H,19,21)/t11-/m0/s1. The van der Waals surface area contributed by atoms with Crippen molar-refractivity contribution in [1.82, 2.24) is 19.6 Å². The Morgan fingerprint density at radius 3 is 2.71 bits per heavy atom. The summed E-state index contributed by atoms with van der Waals surface area (Å²) in [4.78, 5) is 16.9. The summed E-state index contributed by atoms with van der Waals surface area (Å²) in [5.41, 5.74) is 1.25. The number of amides is 1. The van der Waals surface area contributed by atoms with Crippen molar-refractivity contribution < 1.29 is 13.2 Å². The van der Waals surface area contributed by atoms with Gasteiger partial charge in [-0.1, -0.05) is 26.0 Å². The number of para-hydroxylation sites is 1. The summed E-state index contributed by atoms with van der Waals surface area (Å²) in [5.74, 6) is -0.0158. The first-order chi connectivity index (χ1) is 11.3. The van der Waals surface area contributed by atoms with Gasteiger partial charge in [0, 0.05) is 6.04 Å². The summed E-state index contributed by atoms with van der Waals surface area (Å²) in [6, 6.07) is 6.64. The SMILES string of the molecule is CC(C)[C@H](C)NC(=O)c1ncn2c1CNS(=O)(=O)c1ccccc1-2. The molecule has 0 bridgehead atoms. The third-order valence-corrected chi connectivity index (χ3v) is 5.73. The molecule has 0 fully saturated rings. The maximum Gasteiger partial charge on any atom is 0.272 e. The van der Waals surface area contributed by atoms with E-state index in [9.17, 15) is 13.2 Å². The fourth-order valence-electron chi connectivity index (χ4n) is 2.51. The minimum Gasteiger partial charge on any atom is -0.348 e. The molecule has 0 spiro atoms. The highest BCUT2D eigenvalue weighted by Crippen LogP contribution is 2.26. The van der Waals surface area contributed by atoms with Crippen LogP contribution in [0.15, 0.2) is 35.5 Å². The third kappa shape index (κ3) is 2.83. The Morgan fingerprint density at radius 2 is 2.00 bits per heavy atom. The van der Waals surface area contributed by atoms with Gasteiger partial charge in [0.05, 0.1) is 17.9 Å². The van der Waals surface area contributed by atoms with E-state index >= 15 is 0 Å². The van der Waals surface area contributed by atoms with E-state index in [0.29, 0.717) is 11.4 Å². The highest BCUT2D eigenvalue weighted by molar-refractivity contribution is 7.89. The molecular weight excluding hydrogens is 328 g/mol. The fraction of sp³-hybridized carbons (Fsp3) is 0.375. The van der Waals surface area contributed by atoms with Gasteiger partial charge in [-0.05, 0) is 25.0 Å². The molecule has 8 heteroatoms. The van der Waals surface area contributed by atoms with Gasteiger partial charge in [0.15, 0.2) is 5.69 Å². The first-order valence-corrected chi connectivity index (χ1v) is 9.25. The number of carbonyl (C=O) groups is 1. The Balaban J connectivity index is 2.05. The number of carbonyl (C=O) groups excluding carboxylic acids is 1. The van der Waals surface area contributed by atoms with Crippen LogP contribution in [0.1, 0.15) is 37.0 Å². The van der Waals surface area contributed by atoms with E-state index in [2.05, 4.69) is 15.0 Å². The summed E-state index contributed by atoms with van der Waals surface area (Å²) >= 11 is 0. The van der Waals surface area contributed by atoms with E-state index in [4.69, 9.17) is 0 Å². The summed E-state index contributed by atoms with van der Waals surface area (Å²) in [6.07, 6.45) is 1.49. The number of benzene rings is 1. The van der Waals surface area contributed by atoms with E-state index in [1.165, 1.54) is 12.4 Å². The zero-order valence-corrected chi connectivity index (χ0v) is 14.6. The fourth-order valence-corrected chi connectivity index (χ4v) is 3.69. The van der Waals surface area contributed by atoms with Crippen LogP contribution in [-0.4, -0.2) is 29.9 Å². The Hall–Kier alpha value is -2.19. The number of imidazole rings is 1. The minimum absolute atomic E-state index is 0.00962. The van der Waals surface area contributed by atoms with Crippen LogP contribution in [0.4, 0.5) is 0 Å². The van der Waals surface area contributed by atoms with E-state index in [0.717, 1.165) is 0 Å². The second kappa shape index (κ2) is 6.03. The molecule has 0 saturated carbocycles. The van der Waals surface area contributed by atoms with Gasteiger partial charge in [0.1, 0.15) is 11.2 Å². The Morgan fingerprint density at radius 1 is 1.29 bits per heavy atom. The molecule has 1 amide bonds. The number of hydrogen-bond donors (Lipinski definition) is 2. The number of nitrogens with zero attached hydrogens (tertiary/aromatic N) is 2. The normalized spacial score (nSPS) is 16.8. The van der Waals surface area contributed by atoms with Gasteiger partial charge in [-0.2, -0.15) is 0 Å². The number of aromatic nitrogens is 2. The lowest BCUT2D eigenvalue weighted by Crippen LogP contribution is -2.37. The van der Waals surface area contributed by atoms with Crippen LogP contribution in [-0.2, 0) is 16.6 Å². The molecule has 1 atom stereocenters. The van der Waals surface area contributed by atoms with Crippen molar-refractivity contribution in [2.75, 3.05) is 0 Å². The average molecular weight is 348 g/mol. The highest BCUT2D eigenvalue weighted by Gasteiger charge is 2.28. The summed E-state index contributed by atoms with van der Waals surface area (Å²) in [7, 11) is -3.63. The lowest BCUT2D eigenvalue weighted by molar-refractivity contribution is 0.0924. The van der Waals surface area contributed by atoms with E-state index < -0.39 is 10.0 Å². The van der Waals surface area contributed by atoms with Gasteiger partial charge in [-0.3, -0.25) is 9.36 Å². The molecule has 1 aliphatic rings. The topological polar surface area (TPSA) is 93.1 Å². The molecule has 1 aromatic carbocycles. The highest BCUT2D eigenvalue weighted by atomic mass is 32.2. The number of hydrogen-bond acceptors (Lipinski definition) is 4. The number of fused-ring (bicyclic) bond motifs is 3. The second-order valence-electron chi connectivity index (χ2n) is 6.21. The van der Waals surface area contributed by atoms with Gasteiger partial charge >= 0.3 is 0 Å². The Bertz CT molecular complexity index is 886. The predicted octanol–water partition coefficient (Wildman–Crippen LogP) is 1.44. The van der Waals surface area contributed by atoms with Crippen LogP contribution in [0, 0.1) is 5.92 Å². The molecule has 2 aromatic rings. The number of nitrogens with one attached hydrogen (secondary N) is 2. The monoisotopic (exact) mass is 348 g/mol. The molecule has 3 rings (SSSR count). The van der Waals surface area contributed by atoms with Gasteiger partial charge in [0.2, 0.25) is 10.0 Å². The molecule has 1 aromatic heterocycles. The molecule has 128 valence electrons. The second-order valence-corrected chi connectivity index (χ2v) is 7.94. The lowest BCUT2D eigenvalue weighted by Gasteiger charge is -2.17. The maximum atomic E-state index is 12.5. The minimum atomic E-state index is -3.63. The third-order valence-electron chi connectivity index (χ3n) is 4.28. The van der Waals surface area contributed by atoms with Crippen molar-refractivity contribution in [2.45, 2.75) is 38.3 Å². The average Bonchev–Trinajstić information content (AvgIpc) is 2.92. The molecule has 24 heavy (non-hydrogen) atoms. The molecular formula is C16H20N4O3S. The van der Waals surface area contributed by atoms with Crippen LogP contribution < -0.4 is 10.0 Å². The smallest absolute Gasteiger partial charge is 0.272 e. The van der Waals surface area contributed by atoms with E-state index in [1.807, 2.05) is 20.8 Å². The summed E-state index contributed by atoms with van der Waals surface area (Å²) < 4.78 is 28.9. The molecule has 0 radical (unpaired) electrons. The Kier molecular flexibility index (Phi) is 4.18. The first kappa shape index (κ1) is 16.7. The zero-order chi connectivity index (χ0) is 17.5. The predicted molar refractivity (Wildman–Crippen MR) is 89.4 cm³/mol. The van der Waals surface area contributed by atoms with Crippen LogP contribution in [0.25, 0.3) is 5.69 Å². The zero-order valence-electron chi connectivity index (χ0n) is 13.8. The molecule has 0 aliphatic carbocycles. The van der Waals surface area contributed by atoms with Crippen molar-refractivity contribution in [3.63, 3.8) is 0 Å². The molecule has 0 unspecified atom stereocenters. The number of sulfonamides is 1. The van der Waals surface area contributed by atoms with E-state index in [-0.39, 0.29) is 35.0 Å². The van der Waals surface area contributed by atoms with E-state index in [1.54, 1.807) is 22.8 Å². The maximum absolute atomic E-state index is 12.5. The van der Waals surface area contributed by atoms with Gasteiger partial charge < -0.3 is 5.32 Å². The van der Waals surface area contributed by atoms with Gasteiger partial charge in [0.25, 0.3) is 5.91 Å². The van der Waals surface area contributed by atoms with Crippen LogP contribution in [0.5, 0.6) is 0 Å². The van der Waals surface area contributed by atoms with Crippen LogP contribution in [0.3, 0.4) is 0 Å². The lowest BCUT2D eigenvalue weighted by atomic mass is 10.1. The largest absolute Gasteiger partial charge is 0.348 e. The van der Waals surface area contributed by atoms with Crippen molar-refractivity contribution in [2.24, 2.45) is 5.92 Å². The van der Waals surface area contributed by atoms with Crippen LogP contribution >= 0.6 is 0 Å². The van der Waals surface area contributed by atoms with Crippen molar-refractivity contribution in [1.29, 1.82) is 0 Å². The first-order valence-electron chi connectivity index (χ1n) is 7.77. The number of rotatable bonds is 3. The molecule has 7 nitrogen and oxygen atoms in total. The summed E-state index contributed by atoms with van der Waals surface area (Å²) in [6.45, 7) is 5.97. The molecule has 1 aliphatic heterocycles. The molecule has 2 heterocycles. The van der Waals surface area contributed by atoms with Crippen molar-refractivity contribution in [3.8, 4) is 5.69 Å². The molecule has 0 saturated heterocycles. The van der Waals surface area contributed by atoms with Crippen LogP contribution in [0.2, 0.25) is 0 Å². The van der Waals surface area contributed by atoms with Crippen molar-refractivity contribution >= 4 is 15.9 Å². The van der Waals surface area contributed by atoms with Gasteiger partial charge in [-0.25, -0.2) is 18.1 Å².